The van der Waals surface area contributed by atoms with Crippen LogP contribution >= 0.6 is 0 Å². The molecule has 0 bridgehead atoms. The lowest BCUT2D eigenvalue weighted by Gasteiger charge is -2.16. The molecule has 0 aromatic heterocycles. The lowest BCUT2D eigenvalue weighted by atomic mass is 9.96. The van der Waals surface area contributed by atoms with Crippen LogP contribution in [0.2, 0.25) is 0 Å². The summed E-state index contributed by atoms with van der Waals surface area (Å²) in [7, 11) is 1.75. The van der Waals surface area contributed by atoms with Gasteiger partial charge in [0.2, 0.25) is 0 Å². The molecule has 0 spiro atoms. The molecule has 0 aliphatic heterocycles. The molecule has 88 valence electrons. The fourth-order valence-corrected chi connectivity index (χ4v) is 2.15. The zero-order chi connectivity index (χ0) is 11.3. The molecule has 1 saturated carbocycles. The molecule has 16 heavy (non-hydrogen) atoms. The summed E-state index contributed by atoms with van der Waals surface area (Å²) in [6, 6.07) is 10.8. The van der Waals surface area contributed by atoms with Gasteiger partial charge >= 0.3 is 0 Å². The standard InChI is InChI=1S/C14H21NO/c1-16-10-9-15-12-14(7-8-14)11-13-5-3-2-4-6-13/h2-6,15H,7-12H2,1H3. The quantitative estimate of drug-likeness (QED) is 0.710. The summed E-state index contributed by atoms with van der Waals surface area (Å²) in [4.78, 5) is 0. The van der Waals surface area contributed by atoms with E-state index in [1.165, 1.54) is 24.8 Å². The van der Waals surface area contributed by atoms with Crippen molar-refractivity contribution in [3.05, 3.63) is 35.9 Å². The minimum absolute atomic E-state index is 0.537. The van der Waals surface area contributed by atoms with E-state index in [1.807, 2.05) is 0 Å². The molecule has 1 N–H and O–H groups in total. The first-order valence-corrected chi connectivity index (χ1v) is 6.08. The van der Waals surface area contributed by atoms with Crippen molar-refractivity contribution in [2.24, 2.45) is 5.41 Å². The van der Waals surface area contributed by atoms with Crippen molar-refractivity contribution in [2.45, 2.75) is 19.3 Å². The second kappa shape index (κ2) is 5.46. The van der Waals surface area contributed by atoms with Crippen molar-refractivity contribution in [1.82, 2.24) is 5.32 Å². The van der Waals surface area contributed by atoms with E-state index in [4.69, 9.17) is 4.74 Å². The maximum absolute atomic E-state index is 5.03. The van der Waals surface area contributed by atoms with E-state index in [1.54, 1.807) is 7.11 Å². The highest BCUT2D eigenvalue weighted by atomic mass is 16.5. The third-order valence-corrected chi connectivity index (χ3v) is 3.36. The highest BCUT2D eigenvalue weighted by Crippen LogP contribution is 2.47. The highest BCUT2D eigenvalue weighted by Gasteiger charge is 2.41. The van der Waals surface area contributed by atoms with Crippen LogP contribution in [0.4, 0.5) is 0 Å². The molecule has 0 heterocycles. The van der Waals surface area contributed by atoms with Crippen molar-refractivity contribution in [3.8, 4) is 0 Å². The minimum Gasteiger partial charge on any atom is -0.383 e. The monoisotopic (exact) mass is 219 g/mol. The van der Waals surface area contributed by atoms with Gasteiger partial charge in [-0.15, -0.1) is 0 Å². The van der Waals surface area contributed by atoms with E-state index in [-0.39, 0.29) is 0 Å². The molecule has 2 heteroatoms. The summed E-state index contributed by atoms with van der Waals surface area (Å²) in [5, 5.41) is 3.48. The molecule has 2 nitrogen and oxygen atoms in total. The molecule has 1 fully saturated rings. The Bertz CT molecular complexity index is 306. The van der Waals surface area contributed by atoms with Gasteiger partial charge < -0.3 is 10.1 Å². The number of hydrogen-bond donors (Lipinski definition) is 1. The summed E-state index contributed by atoms with van der Waals surface area (Å²) in [6.07, 6.45) is 3.94. The van der Waals surface area contributed by atoms with Crippen LogP contribution in [0.3, 0.4) is 0 Å². The predicted molar refractivity (Wildman–Crippen MR) is 66.6 cm³/mol. The Kier molecular flexibility index (Phi) is 3.97. The van der Waals surface area contributed by atoms with E-state index in [2.05, 4.69) is 35.6 Å². The summed E-state index contributed by atoms with van der Waals surface area (Å²) >= 11 is 0. The van der Waals surface area contributed by atoms with Gasteiger partial charge in [0.25, 0.3) is 0 Å². The van der Waals surface area contributed by atoms with E-state index in [0.29, 0.717) is 5.41 Å². The maximum atomic E-state index is 5.03. The number of methoxy groups -OCH3 is 1. The number of rotatable bonds is 7. The molecule has 0 radical (unpaired) electrons. The Labute approximate surface area is 98.0 Å². The van der Waals surface area contributed by atoms with Crippen molar-refractivity contribution in [2.75, 3.05) is 26.8 Å². The van der Waals surface area contributed by atoms with Crippen LogP contribution in [0.5, 0.6) is 0 Å². The largest absolute Gasteiger partial charge is 0.383 e. The van der Waals surface area contributed by atoms with Gasteiger partial charge in [-0.2, -0.15) is 0 Å². The molecule has 0 amide bonds. The third-order valence-electron chi connectivity index (χ3n) is 3.36. The normalized spacial score (nSPS) is 17.3. The lowest BCUT2D eigenvalue weighted by Crippen LogP contribution is -2.28. The molecule has 1 aliphatic rings. The van der Waals surface area contributed by atoms with Gasteiger partial charge in [-0.25, -0.2) is 0 Å². The summed E-state index contributed by atoms with van der Waals surface area (Å²) < 4.78 is 5.03. The van der Waals surface area contributed by atoms with E-state index in [9.17, 15) is 0 Å². The fourth-order valence-electron chi connectivity index (χ4n) is 2.15. The second-order valence-electron chi connectivity index (χ2n) is 4.83. The lowest BCUT2D eigenvalue weighted by molar-refractivity contribution is 0.197. The first-order chi connectivity index (χ1) is 7.85. The molecule has 1 aliphatic carbocycles. The van der Waals surface area contributed by atoms with Crippen LogP contribution in [0.1, 0.15) is 18.4 Å². The predicted octanol–water partition coefficient (Wildman–Crippen LogP) is 2.25. The Morgan fingerprint density at radius 2 is 2.00 bits per heavy atom. The van der Waals surface area contributed by atoms with Gasteiger partial charge in [0.1, 0.15) is 0 Å². The zero-order valence-electron chi connectivity index (χ0n) is 10.0. The molecular weight excluding hydrogens is 198 g/mol. The minimum atomic E-state index is 0.537. The Balaban J connectivity index is 1.76. The first kappa shape index (κ1) is 11.6. The van der Waals surface area contributed by atoms with Crippen LogP contribution in [-0.2, 0) is 11.2 Å². The van der Waals surface area contributed by atoms with Gasteiger partial charge in [0.15, 0.2) is 0 Å². The maximum Gasteiger partial charge on any atom is 0.0587 e. The van der Waals surface area contributed by atoms with Gasteiger partial charge in [-0.3, -0.25) is 0 Å². The van der Waals surface area contributed by atoms with Crippen LogP contribution < -0.4 is 5.32 Å². The smallest absolute Gasteiger partial charge is 0.0587 e. The van der Waals surface area contributed by atoms with Gasteiger partial charge in [0.05, 0.1) is 6.61 Å². The Hall–Kier alpha value is -0.860. The van der Waals surface area contributed by atoms with E-state index >= 15 is 0 Å². The summed E-state index contributed by atoms with van der Waals surface area (Å²) in [5.41, 5.74) is 2.00. The van der Waals surface area contributed by atoms with E-state index < -0.39 is 0 Å². The zero-order valence-corrected chi connectivity index (χ0v) is 10.0. The second-order valence-corrected chi connectivity index (χ2v) is 4.83. The van der Waals surface area contributed by atoms with Crippen molar-refractivity contribution < 1.29 is 4.74 Å². The molecule has 0 atom stereocenters. The van der Waals surface area contributed by atoms with Crippen molar-refractivity contribution >= 4 is 0 Å². The molecule has 1 aromatic rings. The fraction of sp³-hybridized carbons (Fsp3) is 0.571. The number of hydrogen-bond acceptors (Lipinski definition) is 2. The van der Waals surface area contributed by atoms with Gasteiger partial charge in [-0.05, 0) is 30.2 Å². The molecule has 0 unspecified atom stereocenters. The average Bonchev–Trinajstić information content (AvgIpc) is 3.06. The molecule has 2 rings (SSSR count). The third kappa shape index (κ3) is 3.32. The van der Waals surface area contributed by atoms with Crippen LogP contribution in [0.15, 0.2) is 30.3 Å². The average molecular weight is 219 g/mol. The van der Waals surface area contributed by atoms with Crippen molar-refractivity contribution in [1.29, 1.82) is 0 Å². The SMILES string of the molecule is COCCNCC1(Cc2ccccc2)CC1. The topological polar surface area (TPSA) is 21.3 Å². The van der Waals surface area contributed by atoms with Crippen molar-refractivity contribution in [3.63, 3.8) is 0 Å². The highest BCUT2D eigenvalue weighted by molar-refractivity contribution is 5.18. The number of nitrogens with one attached hydrogen (secondary N) is 1. The number of ether oxygens (including phenoxy) is 1. The Morgan fingerprint density at radius 3 is 2.62 bits per heavy atom. The van der Waals surface area contributed by atoms with E-state index in [0.717, 1.165) is 19.7 Å². The van der Waals surface area contributed by atoms with Gasteiger partial charge in [-0.1, -0.05) is 30.3 Å². The summed E-state index contributed by atoms with van der Waals surface area (Å²) in [5.74, 6) is 0. The molecular formula is C14H21NO. The Morgan fingerprint density at radius 1 is 1.25 bits per heavy atom. The number of benzene rings is 1. The van der Waals surface area contributed by atoms with Crippen LogP contribution in [0.25, 0.3) is 0 Å². The first-order valence-electron chi connectivity index (χ1n) is 6.08. The molecule has 1 aromatic carbocycles. The van der Waals surface area contributed by atoms with Gasteiger partial charge in [0, 0.05) is 20.2 Å². The van der Waals surface area contributed by atoms with Crippen LogP contribution in [-0.4, -0.2) is 26.8 Å². The summed E-state index contributed by atoms with van der Waals surface area (Å²) in [6.45, 7) is 2.90. The molecule has 0 saturated heterocycles. The van der Waals surface area contributed by atoms with Crippen LogP contribution in [0, 0.1) is 5.41 Å².